The molecule has 1 aliphatic rings. The van der Waals surface area contributed by atoms with E-state index < -0.39 is 10.0 Å². The molecule has 29 heavy (non-hydrogen) atoms. The molecule has 152 valence electrons. The second kappa shape index (κ2) is 7.92. The number of rotatable bonds is 8. The molecule has 2 heterocycles. The number of Topliss-reactive ketones (excluding diaryl/α,β-unsaturated/α-hetero) is 1. The summed E-state index contributed by atoms with van der Waals surface area (Å²) < 4.78 is 27.2. The first-order chi connectivity index (χ1) is 13.8. The Bertz CT molecular complexity index is 1120. The molecule has 1 aliphatic carbocycles. The third-order valence-electron chi connectivity index (χ3n) is 4.44. The third-order valence-corrected chi connectivity index (χ3v) is 6.97. The van der Waals surface area contributed by atoms with Crippen LogP contribution in [-0.2, 0) is 10.0 Å². The molecule has 1 saturated carbocycles. The number of hydrogen-bond acceptors (Lipinski definition) is 7. The van der Waals surface area contributed by atoms with E-state index in [-0.39, 0.29) is 11.0 Å². The largest absolute Gasteiger partial charge is 0.298 e. The maximum absolute atomic E-state index is 12.9. The Morgan fingerprint density at radius 3 is 2.55 bits per heavy atom. The number of carbonyl (C=O) groups excluding carboxylic acids is 1. The highest BCUT2D eigenvalue weighted by Gasteiger charge is 2.31. The Labute approximate surface area is 177 Å². The quantitative estimate of drug-likeness (QED) is 0.412. The van der Waals surface area contributed by atoms with Gasteiger partial charge in [-0.3, -0.25) is 14.1 Å². The number of thioether (sulfide) groups is 1. The van der Waals surface area contributed by atoms with Crippen molar-refractivity contribution in [2.45, 2.75) is 36.2 Å². The van der Waals surface area contributed by atoms with Crippen molar-refractivity contribution >= 4 is 44.6 Å². The smallest absolute Gasteiger partial charge is 0.229 e. The van der Waals surface area contributed by atoms with Crippen molar-refractivity contribution in [2.75, 3.05) is 11.0 Å². The molecule has 2 aromatic heterocycles. The molecule has 1 N–H and O–H groups in total. The Hall–Kier alpha value is -2.17. The minimum atomic E-state index is -3.35. The number of carbonyl (C=O) groups is 1. The van der Waals surface area contributed by atoms with Crippen molar-refractivity contribution in [1.29, 1.82) is 0 Å². The molecule has 3 aromatic rings. The minimum absolute atomic E-state index is 0.0380. The maximum Gasteiger partial charge on any atom is 0.229 e. The number of ketones is 1. The van der Waals surface area contributed by atoms with Gasteiger partial charge in [-0.15, -0.1) is 21.5 Å². The Morgan fingerprint density at radius 1 is 1.24 bits per heavy atom. The van der Waals surface area contributed by atoms with E-state index in [1.807, 2.05) is 24.4 Å². The predicted octanol–water partition coefficient (Wildman–Crippen LogP) is 4.08. The van der Waals surface area contributed by atoms with E-state index in [0.29, 0.717) is 17.3 Å². The van der Waals surface area contributed by atoms with E-state index in [4.69, 9.17) is 0 Å². The molecule has 0 amide bonds. The van der Waals surface area contributed by atoms with Crippen LogP contribution in [0.2, 0.25) is 0 Å². The van der Waals surface area contributed by atoms with Gasteiger partial charge in [0.05, 0.1) is 16.4 Å². The fourth-order valence-corrected chi connectivity index (χ4v) is 5.22. The molecule has 1 atom stereocenters. The lowest BCUT2D eigenvalue weighted by Crippen LogP contribution is -2.15. The van der Waals surface area contributed by atoms with Gasteiger partial charge in [0.15, 0.2) is 16.8 Å². The van der Waals surface area contributed by atoms with Gasteiger partial charge in [-0.1, -0.05) is 17.8 Å². The van der Waals surface area contributed by atoms with Gasteiger partial charge in [0.2, 0.25) is 10.0 Å². The van der Waals surface area contributed by atoms with Crippen LogP contribution in [0.25, 0.3) is 10.7 Å². The Morgan fingerprint density at radius 2 is 1.97 bits per heavy atom. The van der Waals surface area contributed by atoms with Crippen molar-refractivity contribution in [2.24, 2.45) is 0 Å². The Balaban J connectivity index is 1.51. The number of nitrogens with one attached hydrogen (secondary N) is 1. The molecule has 0 spiro atoms. The van der Waals surface area contributed by atoms with Crippen LogP contribution in [0.4, 0.5) is 5.69 Å². The maximum atomic E-state index is 12.9. The van der Waals surface area contributed by atoms with Gasteiger partial charge in [-0.2, -0.15) is 0 Å². The van der Waals surface area contributed by atoms with Gasteiger partial charge in [0.1, 0.15) is 0 Å². The van der Waals surface area contributed by atoms with Gasteiger partial charge in [-0.05, 0) is 55.5 Å². The molecular weight excluding hydrogens is 428 g/mol. The van der Waals surface area contributed by atoms with Crippen molar-refractivity contribution < 1.29 is 13.2 Å². The summed E-state index contributed by atoms with van der Waals surface area (Å²) in [7, 11) is -3.35. The molecule has 7 nitrogen and oxygen atoms in total. The van der Waals surface area contributed by atoms with Crippen LogP contribution in [0.1, 0.15) is 36.2 Å². The minimum Gasteiger partial charge on any atom is -0.298 e. The number of hydrogen-bond donors (Lipinski definition) is 1. The molecular formula is C19H20N4O3S3. The van der Waals surface area contributed by atoms with Crippen molar-refractivity contribution in [3.8, 4) is 10.7 Å². The zero-order valence-corrected chi connectivity index (χ0v) is 18.4. The molecule has 0 aliphatic heterocycles. The van der Waals surface area contributed by atoms with Gasteiger partial charge in [0, 0.05) is 17.3 Å². The topological polar surface area (TPSA) is 93.9 Å². The average molecular weight is 449 g/mol. The van der Waals surface area contributed by atoms with E-state index in [9.17, 15) is 13.2 Å². The summed E-state index contributed by atoms with van der Waals surface area (Å²) in [5.41, 5.74) is 0.957. The summed E-state index contributed by atoms with van der Waals surface area (Å²) in [6, 6.07) is 10.9. The van der Waals surface area contributed by atoms with Crippen molar-refractivity contribution in [3.05, 3.63) is 47.3 Å². The van der Waals surface area contributed by atoms with Crippen LogP contribution in [-0.4, -0.2) is 40.5 Å². The second-order valence-corrected chi connectivity index (χ2v) is 11.0. The summed E-state index contributed by atoms with van der Waals surface area (Å²) in [4.78, 5) is 13.9. The highest BCUT2D eigenvalue weighted by Crippen LogP contribution is 2.42. The lowest BCUT2D eigenvalue weighted by molar-refractivity contribution is 0.0994. The molecule has 0 saturated heterocycles. The Kier molecular flexibility index (Phi) is 5.50. The number of thiophene rings is 1. The van der Waals surface area contributed by atoms with Crippen LogP contribution < -0.4 is 4.72 Å². The summed E-state index contributed by atoms with van der Waals surface area (Å²) in [6.45, 7) is 1.85. The average Bonchev–Trinajstić information content (AvgIpc) is 3.19. The van der Waals surface area contributed by atoms with Gasteiger partial charge in [-0.25, -0.2) is 8.42 Å². The van der Waals surface area contributed by atoms with Crippen LogP contribution in [0.5, 0.6) is 0 Å². The summed E-state index contributed by atoms with van der Waals surface area (Å²) >= 11 is 3.03. The molecule has 4 rings (SSSR count). The first-order valence-electron chi connectivity index (χ1n) is 9.09. The zero-order chi connectivity index (χ0) is 20.6. The highest BCUT2D eigenvalue weighted by atomic mass is 32.2. The fourth-order valence-electron chi connectivity index (χ4n) is 2.96. The monoisotopic (exact) mass is 448 g/mol. The first kappa shape index (κ1) is 20.1. The number of nitrogens with zero attached hydrogens (tertiary/aromatic N) is 3. The standard InChI is InChI=1S/C19H20N4O3S3/c1-12(17(24)13-5-7-14(8-6-13)22-29(2,25)26)28-19-21-20-18(16-4-3-11-27-16)23(19)15-9-10-15/h3-8,11-12,15,22H,9-10H2,1-2H3. The second-order valence-electron chi connectivity index (χ2n) is 6.96. The van der Waals surface area contributed by atoms with E-state index in [2.05, 4.69) is 19.5 Å². The summed E-state index contributed by atoms with van der Waals surface area (Å²) in [5.74, 6) is 0.824. The predicted molar refractivity (Wildman–Crippen MR) is 116 cm³/mol. The van der Waals surface area contributed by atoms with Crippen molar-refractivity contribution in [3.63, 3.8) is 0 Å². The number of benzene rings is 1. The van der Waals surface area contributed by atoms with E-state index >= 15 is 0 Å². The van der Waals surface area contributed by atoms with E-state index in [1.54, 1.807) is 35.6 Å². The van der Waals surface area contributed by atoms with Crippen LogP contribution in [0.3, 0.4) is 0 Å². The lowest BCUT2D eigenvalue weighted by Gasteiger charge is -2.12. The number of anilines is 1. The van der Waals surface area contributed by atoms with E-state index in [0.717, 1.165) is 35.0 Å². The molecule has 0 bridgehead atoms. The molecule has 1 fully saturated rings. The van der Waals surface area contributed by atoms with Crippen molar-refractivity contribution in [1.82, 2.24) is 14.8 Å². The number of sulfonamides is 1. The van der Waals surface area contributed by atoms with Crippen LogP contribution in [0, 0.1) is 0 Å². The summed E-state index contributed by atoms with van der Waals surface area (Å²) in [5, 5.41) is 11.2. The highest BCUT2D eigenvalue weighted by molar-refractivity contribution is 8.00. The zero-order valence-electron chi connectivity index (χ0n) is 15.9. The first-order valence-corrected chi connectivity index (χ1v) is 12.7. The van der Waals surface area contributed by atoms with Crippen LogP contribution >= 0.6 is 23.1 Å². The lowest BCUT2D eigenvalue weighted by atomic mass is 10.1. The van der Waals surface area contributed by atoms with Gasteiger partial charge < -0.3 is 0 Å². The molecule has 1 unspecified atom stereocenters. The number of aromatic nitrogens is 3. The molecule has 1 aromatic carbocycles. The molecule has 0 radical (unpaired) electrons. The van der Waals surface area contributed by atoms with E-state index in [1.165, 1.54) is 11.8 Å². The fraction of sp³-hybridized carbons (Fsp3) is 0.316. The molecule has 10 heteroatoms. The third kappa shape index (κ3) is 4.71. The summed E-state index contributed by atoms with van der Waals surface area (Å²) in [6.07, 6.45) is 3.29. The normalized spacial score (nSPS) is 15.2. The SMILES string of the molecule is CC(Sc1nnc(-c2cccs2)n1C1CC1)C(=O)c1ccc(NS(C)(=O)=O)cc1. The van der Waals surface area contributed by atoms with Crippen LogP contribution in [0.15, 0.2) is 46.9 Å². The van der Waals surface area contributed by atoms with Gasteiger partial charge in [0.25, 0.3) is 0 Å². The van der Waals surface area contributed by atoms with Gasteiger partial charge >= 0.3 is 0 Å².